The van der Waals surface area contributed by atoms with Gasteiger partial charge in [0.05, 0.1) is 5.56 Å². The van der Waals surface area contributed by atoms with Gasteiger partial charge < -0.3 is 10.7 Å². The minimum Gasteiger partial charge on any atom is -0.349 e. The highest BCUT2D eigenvalue weighted by Crippen LogP contribution is 2.29. The van der Waals surface area contributed by atoms with E-state index in [-0.39, 0.29) is 17.4 Å². The number of hydrogen-bond acceptors (Lipinski definition) is 4. The van der Waals surface area contributed by atoms with E-state index in [2.05, 4.69) is 29.6 Å². The number of nitrogens with zero attached hydrogens (tertiary/aromatic N) is 1. The lowest BCUT2D eigenvalue weighted by Crippen LogP contribution is -2.44. The minimum atomic E-state index is -0.719. The molecule has 0 bridgehead atoms. The molecule has 0 saturated heterocycles. The molecule has 1 fully saturated rings. The van der Waals surface area contributed by atoms with E-state index in [0.717, 1.165) is 12.8 Å². The zero-order valence-corrected chi connectivity index (χ0v) is 11.8. The first-order valence-corrected chi connectivity index (χ1v) is 6.96. The molecule has 3 unspecified atom stereocenters. The zero-order valence-electron chi connectivity index (χ0n) is 11.8. The smallest absolute Gasteiger partial charge is 0.254 e. The maximum atomic E-state index is 14.0. The molecule has 1 amide bonds. The molecule has 1 aliphatic carbocycles. The van der Waals surface area contributed by atoms with Crippen LogP contribution in [-0.4, -0.2) is 16.9 Å². The number of anilines is 1. The summed E-state index contributed by atoms with van der Waals surface area (Å²) in [4.78, 5) is 15.9. The van der Waals surface area contributed by atoms with Crippen LogP contribution in [0.15, 0.2) is 12.3 Å². The number of pyridine rings is 1. The Balaban J connectivity index is 2.12. The maximum absolute atomic E-state index is 14.0. The van der Waals surface area contributed by atoms with Crippen LogP contribution in [0, 0.1) is 17.7 Å². The van der Waals surface area contributed by atoms with Gasteiger partial charge in [0.25, 0.3) is 5.91 Å². The molecule has 1 heterocycles. The lowest BCUT2D eigenvalue weighted by atomic mass is 9.78. The Bertz CT molecular complexity index is 494. The summed E-state index contributed by atoms with van der Waals surface area (Å²) in [7, 11) is 0. The summed E-state index contributed by atoms with van der Waals surface area (Å²) in [5.41, 5.74) is 2.11. The summed E-state index contributed by atoms with van der Waals surface area (Å²) in [5.74, 6) is 4.87. The number of halogens is 1. The molecule has 4 N–H and O–H groups in total. The Hall–Kier alpha value is -1.69. The minimum absolute atomic E-state index is 0.0293. The lowest BCUT2D eigenvalue weighted by Gasteiger charge is -2.34. The van der Waals surface area contributed by atoms with E-state index >= 15 is 0 Å². The van der Waals surface area contributed by atoms with Gasteiger partial charge in [-0.15, -0.1) is 0 Å². The van der Waals surface area contributed by atoms with E-state index in [0.29, 0.717) is 11.8 Å². The number of aromatic nitrogens is 1. The van der Waals surface area contributed by atoms with Crippen molar-refractivity contribution in [3.05, 3.63) is 23.6 Å². The number of nitrogens with one attached hydrogen (secondary N) is 2. The molecule has 5 nitrogen and oxygen atoms in total. The van der Waals surface area contributed by atoms with E-state index < -0.39 is 11.7 Å². The van der Waals surface area contributed by atoms with E-state index in [9.17, 15) is 9.18 Å². The van der Waals surface area contributed by atoms with Crippen LogP contribution in [0.3, 0.4) is 0 Å². The van der Waals surface area contributed by atoms with Crippen molar-refractivity contribution < 1.29 is 9.18 Å². The number of amides is 1. The van der Waals surface area contributed by atoms with Gasteiger partial charge in [0.1, 0.15) is 0 Å². The van der Waals surface area contributed by atoms with Crippen molar-refractivity contribution in [1.29, 1.82) is 0 Å². The molecular weight excluding hydrogens is 259 g/mol. The highest BCUT2D eigenvalue weighted by atomic mass is 19.1. The van der Waals surface area contributed by atoms with Gasteiger partial charge in [-0.25, -0.2) is 15.2 Å². The molecule has 6 heteroatoms. The van der Waals surface area contributed by atoms with Gasteiger partial charge in [0.2, 0.25) is 0 Å². The number of nitrogen functional groups attached to an aromatic ring is 1. The van der Waals surface area contributed by atoms with Gasteiger partial charge in [0, 0.05) is 12.2 Å². The predicted octanol–water partition coefficient (Wildman–Crippen LogP) is 2.06. The third kappa shape index (κ3) is 2.90. The second-order valence-corrected chi connectivity index (χ2v) is 5.51. The Labute approximate surface area is 118 Å². The fourth-order valence-corrected chi connectivity index (χ4v) is 2.75. The first-order valence-electron chi connectivity index (χ1n) is 6.96. The first kappa shape index (κ1) is 14.7. The fourth-order valence-electron chi connectivity index (χ4n) is 2.75. The highest BCUT2D eigenvalue weighted by Gasteiger charge is 2.29. The van der Waals surface area contributed by atoms with E-state index in [1.54, 1.807) is 0 Å². The molecule has 0 spiro atoms. The van der Waals surface area contributed by atoms with Gasteiger partial charge in [-0.05, 0) is 24.3 Å². The highest BCUT2D eigenvalue weighted by molar-refractivity contribution is 5.95. The average Bonchev–Trinajstić information content (AvgIpc) is 2.44. The van der Waals surface area contributed by atoms with Gasteiger partial charge in [-0.3, -0.25) is 4.79 Å². The van der Waals surface area contributed by atoms with Crippen LogP contribution in [0.5, 0.6) is 0 Å². The van der Waals surface area contributed by atoms with Crippen molar-refractivity contribution in [3.8, 4) is 0 Å². The van der Waals surface area contributed by atoms with Crippen LogP contribution in [0.25, 0.3) is 0 Å². The Morgan fingerprint density at radius 1 is 1.45 bits per heavy atom. The number of hydrogen-bond donors (Lipinski definition) is 3. The molecule has 0 aliphatic heterocycles. The lowest BCUT2D eigenvalue weighted by molar-refractivity contribution is 0.0887. The zero-order chi connectivity index (χ0) is 14.7. The molecule has 0 aromatic carbocycles. The summed E-state index contributed by atoms with van der Waals surface area (Å²) in [6, 6.07) is 1.45. The van der Waals surface area contributed by atoms with Crippen molar-refractivity contribution >= 4 is 11.7 Å². The van der Waals surface area contributed by atoms with E-state index in [4.69, 9.17) is 5.84 Å². The molecule has 1 aromatic rings. The molecule has 2 rings (SSSR count). The average molecular weight is 280 g/mol. The van der Waals surface area contributed by atoms with Crippen molar-refractivity contribution in [3.63, 3.8) is 0 Å². The van der Waals surface area contributed by atoms with Gasteiger partial charge in [0.15, 0.2) is 11.6 Å². The quantitative estimate of drug-likeness (QED) is 0.585. The third-order valence-corrected chi connectivity index (χ3v) is 4.29. The van der Waals surface area contributed by atoms with Gasteiger partial charge in [-0.1, -0.05) is 26.7 Å². The second kappa shape index (κ2) is 6.17. The molecule has 1 aromatic heterocycles. The summed E-state index contributed by atoms with van der Waals surface area (Å²) < 4.78 is 14.0. The second-order valence-electron chi connectivity index (χ2n) is 5.51. The van der Waals surface area contributed by atoms with Gasteiger partial charge >= 0.3 is 0 Å². The van der Waals surface area contributed by atoms with Crippen molar-refractivity contribution in [2.24, 2.45) is 17.7 Å². The van der Waals surface area contributed by atoms with Crippen molar-refractivity contribution in [1.82, 2.24) is 10.3 Å². The molecule has 3 atom stereocenters. The molecule has 1 saturated carbocycles. The Morgan fingerprint density at radius 2 is 2.20 bits per heavy atom. The van der Waals surface area contributed by atoms with Gasteiger partial charge in [-0.2, -0.15) is 0 Å². The first-order chi connectivity index (χ1) is 9.54. The van der Waals surface area contributed by atoms with Crippen LogP contribution in [0.4, 0.5) is 10.2 Å². The number of carbonyl (C=O) groups is 1. The van der Waals surface area contributed by atoms with Crippen LogP contribution >= 0.6 is 0 Å². The maximum Gasteiger partial charge on any atom is 0.254 e. The Morgan fingerprint density at radius 3 is 2.90 bits per heavy atom. The molecule has 0 radical (unpaired) electrons. The third-order valence-electron chi connectivity index (χ3n) is 4.29. The monoisotopic (exact) mass is 280 g/mol. The standard InChI is InChI=1S/C14H21FN4O/c1-8-4-3-5-11(9(8)2)18-14(20)10-6-7-17-13(19-16)12(10)15/h6-9,11H,3-5,16H2,1-2H3,(H,17,19)(H,18,20). The van der Waals surface area contributed by atoms with Crippen LogP contribution in [0.2, 0.25) is 0 Å². The number of hydrazine groups is 1. The van der Waals surface area contributed by atoms with Crippen LogP contribution in [-0.2, 0) is 0 Å². The summed E-state index contributed by atoms with van der Waals surface area (Å²) >= 11 is 0. The largest absolute Gasteiger partial charge is 0.349 e. The predicted molar refractivity (Wildman–Crippen MR) is 75.4 cm³/mol. The molecule has 110 valence electrons. The summed E-state index contributed by atoms with van der Waals surface area (Å²) in [5, 5.41) is 2.93. The number of rotatable bonds is 3. The number of carbonyl (C=O) groups excluding carboxylic acids is 1. The van der Waals surface area contributed by atoms with Crippen molar-refractivity contribution in [2.45, 2.75) is 39.2 Å². The Kier molecular flexibility index (Phi) is 4.54. The molecule has 1 aliphatic rings. The number of nitrogens with two attached hydrogens (primary N) is 1. The van der Waals surface area contributed by atoms with Crippen molar-refractivity contribution in [2.75, 3.05) is 5.43 Å². The topological polar surface area (TPSA) is 80.0 Å². The SMILES string of the molecule is CC1CCCC(NC(=O)c2ccnc(NN)c2F)C1C. The normalized spacial score (nSPS) is 26.1. The van der Waals surface area contributed by atoms with Crippen LogP contribution < -0.4 is 16.6 Å². The summed E-state index contributed by atoms with van der Waals surface area (Å²) in [6.07, 6.45) is 4.56. The molecule has 20 heavy (non-hydrogen) atoms. The van der Waals surface area contributed by atoms with E-state index in [1.807, 2.05) is 0 Å². The summed E-state index contributed by atoms with van der Waals surface area (Å²) in [6.45, 7) is 4.32. The molecular formula is C14H21FN4O. The fraction of sp³-hybridized carbons (Fsp3) is 0.571. The van der Waals surface area contributed by atoms with Crippen LogP contribution in [0.1, 0.15) is 43.5 Å². The van der Waals surface area contributed by atoms with E-state index in [1.165, 1.54) is 18.7 Å².